The van der Waals surface area contributed by atoms with E-state index in [-0.39, 0.29) is 5.97 Å². The third kappa shape index (κ3) is 7.25. The fraction of sp³-hybridized carbons (Fsp3) is 0.909. The summed E-state index contributed by atoms with van der Waals surface area (Å²) >= 11 is 1.68. The van der Waals surface area contributed by atoms with E-state index >= 15 is 0 Å². The van der Waals surface area contributed by atoms with Crippen molar-refractivity contribution in [3.05, 3.63) is 0 Å². The van der Waals surface area contributed by atoms with Gasteiger partial charge in [0, 0.05) is 5.25 Å². The van der Waals surface area contributed by atoms with Crippen molar-refractivity contribution >= 4 is 17.7 Å². The van der Waals surface area contributed by atoms with Crippen LogP contribution in [-0.2, 0) is 9.53 Å². The molecular formula is C11H22O2S. The monoisotopic (exact) mass is 218 g/mol. The molecule has 0 spiro atoms. The van der Waals surface area contributed by atoms with Gasteiger partial charge in [0.1, 0.15) is 0 Å². The van der Waals surface area contributed by atoms with E-state index in [9.17, 15) is 4.79 Å². The topological polar surface area (TPSA) is 26.3 Å². The van der Waals surface area contributed by atoms with E-state index in [1.807, 2.05) is 0 Å². The quantitative estimate of drug-likeness (QED) is 0.485. The molecule has 14 heavy (non-hydrogen) atoms. The molecule has 3 heteroatoms. The second kappa shape index (κ2) is 8.16. The second-order valence-electron chi connectivity index (χ2n) is 3.83. The lowest BCUT2D eigenvalue weighted by molar-refractivity contribution is -0.140. The minimum absolute atomic E-state index is 0.0732. The van der Waals surface area contributed by atoms with Crippen LogP contribution in [0.2, 0.25) is 0 Å². The number of hydrogen-bond acceptors (Lipinski definition) is 3. The molecular weight excluding hydrogens is 196 g/mol. The largest absolute Gasteiger partial charge is 0.465 e. The molecule has 0 aliphatic rings. The van der Waals surface area contributed by atoms with Crippen LogP contribution in [0, 0.1) is 5.92 Å². The molecule has 0 aliphatic carbocycles. The first-order chi connectivity index (χ1) is 6.57. The predicted molar refractivity (Wildman–Crippen MR) is 62.6 cm³/mol. The average Bonchev–Trinajstić information content (AvgIpc) is 2.14. The van der Waals surface area contributed by atoms with E-state index in [1.54, 1.807) is 11.8 Å². The Morgan fingerprint density at radius 3 is 2.50 bits per heavy atom. The number of unbranched alkanes of at least 4 members (excludes halogenated alkanes) is 1. The first-order valence-electron chi connectivity index (χ1n) is 5.35. The van der Waals surface area contributed by atoms with Gasteiger partial charge in [0.15, 0.2) is 0 Å². The predicted octanol–water partition coefficient (Wildman–Crippen LogP) is 3.11. The van der Waals surface area contributed by atoms with Crippen LogP contribution < -0.4 is 0 Å². The fourth-order valence-electron chi connectivity index (χ4n) is 0.764. The Balaban J connectivity index is 3.44. The third-order valence-electron chi connectivity index (χ3n) is 2.16. The summed E-state index contributed by atoms with van der Waals surface area (Å²) < 4.78 is 5.05. The van der Waals surface area contributed by atoms with Crippen LogP contribution in [0.1, 0.15) is 40.5 Å². The Morgan fingerprint density at radius 1 is 1.36 bits per heavy atom. The number of esters is 1. The lowest BCUT2D eigenvalue weighted by Gasteiger charge is -2.14. The van der Waals surface area contributed by atoms with Gasteiger partial charge < -0.3 is 4.74 Å². The molecule has 0 aromatic rings. The van der Waals surface area contributed by atoms with E-state index in [0.717, 1.165) is 12.8 Å². The molecule has 0 heterocycles. The number of ether oxygens (including phenoxy) is 1. The van der Waals surface area contributed by atoms with Gasteiger partial charge in [-0.25, -0.2) is 0 Å². The van der Waals surface area contributed by atoms with Crippen LogP contribution >= 0.6 is 11.8 Å². The number of carbonyl (C=O) groups excluding carboxylic acids is 1. The molecule has 2 nitrogen and oxygen atoms in total. The molecule has 0 aromatic carbocycles. The highest BCUT2D eigenvalue weighted by Crippen LogP contribution is 2.18. The maximum Gasteiger partial charge on any atom is 0.315 e. The summed E-state index contributed by atoms with van der Waals surface area (Å²) in [5.41, 5.74) is 0. The first kappa shape index (κ1) is 13.8. The summed E-state index contributed by atoms with van der Waals surface area (Å²) in [5, 5.41) is 0.522. The van der Waals surface area contributed by atoms with Gasteiger partial charge in [0.25, 0.3) is 0 Å². The molecule has 0 N–H and O–H groups in total. The lowest BCUT2D eigenvalue weighted by Crippen LogP contribution is -2.13. The van der Waals surface area contributed by atoms with E-state index in [4.69, 9.17) is 4.74 Å². The van der Waals surface area contributed by atoms with Gasteiger partial charge in [-0.3, -0.25) is 4.79 Å². The average molecular weight is 218 g/mol. The Hall–Kier alpha value is -0.180. The van der Waals surface area contributed by atoms with Gasteiger partial charge in [0.2, 0.25) is 0 Å². The summed E-state index contributed by atoms with van der Waals surface area (Å²) in [6, 6.07) is 0. The zero-order valence-electron chi connectivity index (χ0n) is 9.71. The maximum atomic E-state index is 11.2. The summed E-state index contributed by atoms with van der Waals surface area (Å²) in [7, 11) is 0. The summed E-state index contributed by atoms with van der Waals surface area (Å²) in [5.74, 6) is 1.03. The van der Waals surface area contributed by atoms with Crippen molar-refractivity contribution in [2.24, 2.45) is 5.92 Å². The summed E-state index contributed by atoms with van der Waals surface area (Å²) in [6.45, 7) is 9.14. The molecule has 0 saturated carbocycles. The molecule has 0 saturated heterocycles. The van der Waals surface area contributed by atoms with E-state index in [1.165, 1.54) is 0 Å². The van der Waals surface area contributed by atoms with Crippen LogP contribution in [0.5, 0.6) is 0 Å². The van der Waals surface area contributed by atoms with Crippen molar-refractivity contribution in [2.45, 2.75) is 45.8 Å². The zero-order valence-corrected chi connectivity index (χ0v) is 10.5. The van der Waals surface area contributed by atoms with Crippen molar-refractivity contribution in [1.82, 2.24) is 0 Å². The smallest absolute Gasteiger partial charge is 0.315 e. The van der Waals surface area contributed by atoms with Crippen molar-refractivity contribution in [1.29, 1.82) is 0 Å². The van der Waals surface area contributed by atoms with Crippen LogP contribution in [0.25, 0.3) is 0 Å². The van der Waals surface area contributed by atoms with E-state index < -0.39 is 0 Å². The number of hydrogen-bond donors (Lipinski definition) is 0. The van der Waals surface area contributed by atoms with Crippen LogP contribution in [-0.4, -0.2) is 23.6 Å². The van der Waals surface area contributed by atoms with Crippen molar-refractivity contribution in [2.75, 3.05) is 12.4 Å². The molecule has 1 unspecified atom stereocenters. The second-order valence-corrected chi connectivity index (χ2v) is 5.20. The van der Waals surface area contributed by atoms with Gasteiger partial charge in [-0.1, -0.05) is 34.1 Å². The first-order valence-corrected chi connectivity index (χ1v) is 6.40. The Bertz CT molecular complexity index is 157. The molecule has 0 bridgehead atoms. The highest BCUT2D eigenvalue weighted by Gasteiger charge is 2.10. The lowest BCUT2D eigenvalue weighted by atomic mass is 10.2. The Kier molecular flexibility index (Phi) is 8.05. The maximum absolute atomic E-state index is 11.2. The third-order valence-corrected chi connectivity index (χ3v) is 3.64. The van der Waals surface area contributed by atoms with Crippen molar-refractivity contribution in [3.8, 4) is 0 Å². The Morgan fingerprint density at radius 2 is 2.00 bits per heavy atom. The molecule has 0 aliphatic heterocycles. The van der Waals surface area contributed by atoms with Gasteiger partial charge in [0.05, 0.1) is 12.4 Å². The number of rotatable bonds is 7. The summed E-state index contributed by atoms with van der Waals surface area (Å²) in [4.78, 5) is 11.2. The minimum Gasteiger partial charge on any atom is -0.465 e. The van der Waals surface area contributed by atoms with Crippen LogP contribution in [0.4, 0.5) is 0 Å². The SMILES string of the molecule is CCCCOC(=O)CSC(C)C(C)C. The highest BCUT2D eigenvalue weighted by atomic mass is 32.2. The van der Waals surface area contributed by atoms with E-state index in [0.29, 0.717) is 23.5 Å². The van der Waals surface area contributed by atoms with E-state index in [2.05, 4.69) is 27.7 Å². The standard InChI is InChI=1S/C11H22O2S/c1-5-6-7-13-11(12)8-14-10(4)9(2)3/h9-10H,5-8H2,1-4H3. The van der Waals surface area contributed by atoms with Gasteiger partial charge in [-0.2, -0.15) is 0 Å². The molecule has 0 aromatic heterocycles. The summed E-state index contributed by atoms with van der Waals surface area (Å²) in [6.07, 6.45) is 2.04. The zero-order chi connectivity index (χ0) is 11.0. The molecule has 0 amide bonds. The van der Waals surface area contributed by atoms with Crippen LogP contribution in [0.15, 0.2) is 0 Å². The van der Waals surface area contributed by atoms with Gasteiger partial charge >= 0.3 is 5.97 Å². The molecule has 84 valence electrons. The van der Waals surface area contributed by atoms with Crippen LogP contribution in [0.3, 0.4) is 0 Å². The van der Waals surface area contributed by atoms with Crippen molar-refractivity contribution in [3.63, 3.8) is 0 Å². The minimum atomic E-state index is -0.0732. The van der Waals surface area contributed by atoms with Gasteiger partial charge in [-0.15, -0.1) is 11.8 Å². The molecule has 0 radical (unpaired) electrons. The molecule has 0 fully saturated rings. The van der Waals surface area contributed by atoms with Gasteiger partial charge in [-0.05, 0) is 12.3 Å². The fourth-order valence-corrected chi connectivity index (χ4v) is 1.63. The number of thioether (sulfide) groups is 1. The highest BCUT2D eigenvalue weighted by molar-refractivity contribution is 8.00. The Labute approximate surface area is 91.8 Å². The normalized spacial score (nSPS) is 12.9. The molecule has 0 rings (SSSR count). The number of carbonyl (C=O) groups is 1. The molecule has 1 atom stereocenters. The van der Waals surface area contributed by atoms with Crippen molar-refractivity contribution < 1.29 is 9.53 Å².